The summed E-state index contributed by atoms with van der Waals surface area (Å²) in [6.07, 6.45) is 12.1. The molecule has 0 fully saturated rings. The second-order valence-electron chi connectivity index (χ2n) is 5.98. The van der Waals surface area contributed by atoms with E-state index in [1.807, 2.05) is 37.2 Å². The molecule has 0 saturated carbocycles. The molecule has 26 heavy (non-hydrogen) atoms. The number of rotatable bonds is 8. The number of nitriles is 2. The number of terminal acetylenes is 2. The molecule has 0 heterocycles. The number of hydrogen-bond acceptors (Lipinski definition) is 4. The van der Waals surface area contributed by atoms with Crippen molar-refractivity contribution < 1.29 is 0 Å². The highest BCUT2D eigenvalue weighted by Gasteiger charge is 2.14. The maximum Gasteiger partial charge on any atom is 0.0846 e. The van der Waals surface area contributed by atoms with Crippen LogP contribution in [0.4, 0.5) is 0 Å². The van der Waals surface area contributed by atoms with Gasteiger partial charge in [0.15, 0.2) is 0 Å². The van der Waals surface area contributed by atoms with E-state index in [0.717, 1.165) is 13.1 Å². The summed E-state index contributed by atoms with van der Waals surface area (Å²) in [4.78, 5) is 4.11. The third-order valence-corrected chi connectivity index (χ3v) is 3.96. The largest absolute Gasteiger partial charge is 0.304 e. The summed E-state index contributed by atoms with van der Waals surface area (Å²) < 4.78 is 0. The minimum absolute atomic E-state index is 0.0878. The molecule has 0 bridgehead atoms. The first-order chi connectivity index (χ1) is 12.5. The second kappa shape index (κ2) is 14.6. The summed E-state index contributed by atoms with van der Waals surface area (Å²) >= 11 is 0. The quantitative estimate of drug-likeness (QED) is 0.677. The first-order valence-electron chi connectivity index (χ1n) is 8.61. The molecule has 0 aliphatic heterocycles. The van der Waals surface area contributed by atoms with Crippen LogP contribution < -0.4 is 0 Å². The van der Waals surface area contributed by atoms with Gasteiger partial charge >= 0.3 is 0 Å². The van der Waals surface area contributed by atoms with Crippen molar-refractivity contribution in [3.63, 3.8) is 0 Å². The van der Waals surface area contributed by atoms with Crippen molar-refractivity contribution in [1.82, 2.24) is 9.80 Å². The van der Waals surface area contributed by atoms with Crippen LogP contribution >= 0.6 is 0 Å². The predicted molar refractivity (Wildman–Crippen MR) is 107 cm³/mol. The van der Waals surface area contributed by atoms with Gasteiger partial charge in [-0.3, -0.25) is 4.90 Å². The van der Waals surface area contributed by atoms with Crippen LogP contribution in [0.5, 0.6) is 0 Å². The monoisotopic (exact) mass is 348 g/mol. The number of hydrogen-bond donors (Lipinski definition) is 0. The third-order valence-electron chi connectivity index (χ3n) is 3.96. The Morgan fingerprint density at radius 2 is 1.62 bits per heavy atom. The van der Waals surface area contributed by atoms with Gasteiger partial charge in [0.25, 0.3) is 0 Å². The molecule has 1 aromatic rings. The average molecular weight is 348 g/mol. The Kier molecular flexibility index (Phi) is 13.0. The molecule has 0 aliphatic carbocycles. The highest BCUT2D eigenvalue weighted by Crippen LogP contribution is 2.09. The summed E-state index contributed by atoms with van der Waals surface area (Å²) in [5.41, 5.74) is 1.22. The average Bonchev–Trinajstić information content (AvgIpc) is 2.65. The van der Waals surface area contributed by atoms with E-state index in [9.17, 15) is 0 Å². The molecule has 136 valence electrons. The Labute approximate surface area is 159 Å². The van der Waals surface area contributed by atoms with Gasteiger partial charge in [-0.25, -0.2) is 0 Å². The van der Waals surface area contributed by atoms with Gasteiger partial charge in [0.05, 0.1) is 31.0 Å². The lowest BCUT2D eigenvalue weighted by Gasteiger charge is -2.25. The lowest BCUT2D eigenvalue weighted by atomic mass is 10.1. The Hall–Kier alpha value is -2.76. The molecule has 0 saturated heterocycles. The van der Waals surface area contributed by atoms with Crippen LogP contribution in [0.1, 0.15) is 31.7 Å². The fourth-order valence-corrected chi connectivity index (χ4v) is 2.32. The van der Waals surface area contributed by atoms with Gasteiger partial charge in [-0.15, -0.1) is 18.8 Å². The summed E-state index contributed by atoms with van der Waals surface area (Å²) in [6.45, 7) is 3.71. The molecule has 0 N–H and O–H groups in total. The van der Waals surface area contributed by atoms with E-state index in [4.69, 9.17) is 23.4 Å². The van der Waals surface area contributed by atoms with E-state index in [-0.39, 0.29) is 12.1 Å². The molecule has 1 rings (SSSR count). The van der Waals surface area contributed by atoms with Crippen LogP contribution in [-0.4, -0.2) is 42.5 Å². The number of nitrogens with zero attached hydrogens (tertiary/aromatic N) is 4. The Morgan fingerprint density at radius 3 is 2.04 bits per heavy atom. The minimum Gasteiger partial charge on any atom is -0.304 e. The zero-order valence-corrected chi connectivity index (χ0v) is 16.0. The summed E-state index contributed by atoms with van der Waals surface area (Å²) in [7, 11) is 3.86. The van der Waals surface area contributed by atoms with Gasteiger partial charge in [0, 0.05) is 19.0 Å². The van der Waals surface area contributed by atoms with Crippen molar-refractivity contribution in [2.24, 2.45) is 0 Å². The van der Waals surface area contributed by atoms with Crippen molar-refractivity contribution in [2.75, 3.05) is 20.6 Å². The molecular formula is C22H28N4. The Morgan fingerprint density at radius 1 is 1.00 bits per heavy atom. The summed E-state index contributed by atoms with van der Waals surface area (Å²) in [6, 6.07) is 14.5. The molecule has 2 unspecified atom stereocenters. The molecule has 4 heteroatoms. The molecule has 0 amide bonds. The van der Waals surface area contributed by atoms with Crippen LogP contribution in [0.25, 0.3) is 0 Å². The molecule has 2 atom stereocenters. The fraction of sp³-hybridized carbons (Fsp3) is 0.455. The van der Waals surface area contributed by atoms with Crippen LogP contribution in [-0.2, 0) is 6.54 Å². The first-order valence-corrected chi connectivity index (χ1v) is 8.61. The molecule has 0 radical (unpaired) electrons. The van der Waals surface area contributed by atoms with Crippen LogP contribution in [0.2, 0.25) is 0 Å². The molecule has 0 aromatic heterocycles. The number of benzene rings is 1. The van der Waals surface area contributed by atoms with E-state index < -0.39 is 0 Å². The van der Waals surface area contributed by atoms with E-state index in [1.165, 1.54) is 5.56 Å². The lowest BCUT2D eigenvalue weighted by Crippen LogP contribution is -2.33. The van der Waals surface area contributed by atoms with Gasteiger partial charge in [0.2, 0.25) is 0 Å². The van der Waals surface area contributed by atoms with Gasteiger partial charge in [-0.2, -0.15) is 10.5 Å². The van der Waals surface area contributed by atoms with E-state index in [1.54, 1.807) is 0 Å². The fourth-order valence-electron chi connectivity index (χ4n) is 2.32. The SMILES string of the molecule is C#CC(CC#N)N(CC)Cc1ccccc1.C#CCC(CC#N)N(C)C. The molecular weight excluding hydrogens is 320 g/mol. The molecule has 0 aliphatic rings. The van der Waals surface area contributed by atoms with Crippen molar-refractivity contribution in [3.05, 3.63) is 35.9 Å². The zero-order valence-electron chi connectivity index (χ0n) is 16.0. The smallest absolute Gasteiger partial charge is 0.0846 e. The van der Waals surface area contributed by atoms with Crippen molar-refractivity contribution in [2.45, 2.75) is 44.8 Å². The highest BCUT2D eigenvalue weighted by molar-refractivity contribution is 5.15. The van der Waals surface area contributed by atoms with Gasteiger partial charge < -0.3 is 4.90 Å². The van der Waals surface area contributed by atoms with Gasteiger partial charge in [-0.05, 0) is 26.2 Å². The van der Waals surface area contributed by atoms with Crippen LogP contribution in [0.15, 0.2) is 30.3 Å². The van der Waals surface area contributed by atoms with Gasteiger partial charge in [0.1, 0.15) is 0 Å². The maximum atomic E-state index is 8.71. The topological polar surface area (TPSA) is 54.1 Å². The molecule has 1 aromatic carbocycles. The standard InChI is InChI=1S/C14H16N2.C8H12N2/c1-3-14(10-11-15)16(4-2)12-13-8-6-5-7-9-13;1-4-5-8(6-7-9)10(2)3/h1,5-9,14H,4,10,12H2,2H3;1,8H,5-6H2,2-3H3. The summed E-state index contributed by atoms with van der Waals surface area (Å²) in [5.74, 6) is 5.22. The Balaban J connectivity index is 0.000000541. The molecule has 0 spiro atoms. The van der Waals surface area contributed by atoms with Crippen LogP contribution in [0, 0.1) is 47.3 Å². The maximum absolute atomic E-state index is 8.71. The first kappa shape index (κ1) is 23.2. The van der Waals surface area contributed by atoms with Crippen molar-refractivity contribution >= 4 is 0 Å². The Bertz CT molecular complexity index is 637. The molecule has 4 nitrogen and oxygen atoms in total. The van der Waals surface area contributed by atoms with Crippen LogP contribution in [0.3, 0.4) is 0 Å². The highest BCUT2D eigenvalue weighted by atomic mass is 15.1. The van der Waals surface area contributed by atoms with E-state index >= 15 is 0 Å². The third kappa shape index (κ3) is 9.52. The van der Waals surface area contributed by atoms with Crippen molar-refractivity contribution in [3.8, 4) is 36.8 Å². The zero-order chi connectivity index (χ0) is 19.8. The van der Waals surface area contributed by atoms with Gasteiger partial charge in [-0.1, -0.05) is 43.2 Å². The minimum atomic E-state index is -0.0878. The lowest BCUT2D eigenvalue weighted by molar-refractivity contribution is 0.241. The normalized spacial score (nSPS) is 11.9. The van der Waals surface area contributed by atoms with Crippen molar-refractivity contribution in [1.29, 1.82) is 10.5 Å². The van der Waals surface area contributed by atoms with E-state index in [2.05, 4.69) is 47.9 Å². The van der Waals surface area contributed by atoms with E-state index in [0.29, 0.717) is 19.3 Å². The predicted octanol–water partition coefficient (Wildman–Crippen LogP) is 3.28. The second-order valence-corrected chi connectivity index (χ2v) is 5.98. The summed E-state index contributed by atoms with van der Waals surface area (Å²) in [5, 5.41) is 17.1.